The predicted molar refractivity (Wildman–Crippen MR) is 79.3 cm³/mol. The van der Waals surface area contributed by atoms with Gasteiger partial charge in [0.2, 0.25) is 0 Å². The van der Waals surface area contributed by atoms with Gasteiger partial charge in [0, 0.05) is 20.1 Å². The van der Waals surface area contributed by atoms with Crippen LogP contribution in [0.1, 0.15) is 28.7 Å². The summed E-state index contributed by atoms with van der Waals surface area (Å²) in [6.45, 7) is 4.93. The van der Waals surface area contributed by atoms with Crippen molar-refractivity contribution in [3.63, 3.8) is 0 Å². The van der Waals surface area contributed by atoms with Crippen molar-refractivity contribution >= 4 is 11.6 Å². The molecule has 0 bridgehead atoms. The topological polar surface area (TPSA) is 64.2 Å². The number of aryl methyl sites for hydroxylation is 2. The van der Waals surface area contributed by atoms with Crippen LogP contribution in [-0.4, -0.2) is 27.6 Å². The maximum absolute atomic E-state index is 12.5. The average molecular weight is 272 g/mol. The van der Waals surface area contributed by atoms with Gasteiger partial charge < -0.3 is 10.6 Å². The highest BCUT2D eigenvalue weighted by atomic mass is 16.2. The molecule has 2 aromatic rings. The van der Waals surface area contributed by atoms with E-state index in [0.717, 1.165) is 5.56 Å². The molecule has 0 aliphatic carbocycles. The number of hydrogen-bond donors (Lipinski definition) is 1. The SMILES string of the molecule is CCn1nc(C)c(N)c1C(=O)N(C)Cc1ccccc1. The molecule has 0 aliphatic rings. The van der Waals surface area contributed by atoms with E-state index in [1.54, 1.807) is 16.6 Å². The van der Waals surface area contributed by atoms with Crippen LogP contribution in [0.3, 0.4) is 0 Å². The molecule has 106 valence electrons. The molecule has 1 heterocycles. The first-order valence-corrected chi connectivity index (χ1v) is 6.66. The number of amides is 1. The Kier molecular flexibility index (Phi) is 4.08. The van der Waals surface area contributed by atoms with Crippen LogP contribution in [0.5, 0.6) is 0 Å². The van der Waals surface area contributed by atoms with E-state index in [4.69, 9.17) is 5.73 Å². The number of benzene rings is 1. The molecule has 0 unspecified atom stereocenters. The number of nitrogens with zero attached hydrogens (tertiary/aromatic N) is 3. The number of carbonyl (C=O) groups excluding carboxylic acids is 1. The smallest absolute Gasteiger partial charge is 0.274 e. The summed E-state index contributed by atoms with van der Waals surface area (Å²) in [5, 5.41) is 4.28. The first kappa shape index (κ1) is 14.1. The molecule has 5 heteroatoms. The number of nitrogens with two attached hydrogens (primary N) is 1. The highest BCUT2D eigenvalue weighted by molar-refractivity contribution is 5.97. The third-order valence-corrected chi connectivity index (χ3v) is 3.29. The van der Waals surface area contributed by atoms with Crippen LogP contribution in [-0.2, 0) is 13.1 Å². The fourth-order valence-corrected chi connectivity index (χ4v) is 2.16. The van der Waals surface area contributed by atoms with Crippen molar-refractivity contribution in [1.29, 1.82) is 0 Å². The summed E-state index contributed by atoms with van der Waals surface area (Å²) >= 11 is 0. The maximum atomic E-state index is 12.5. The standard InChI is InChI=1S/C15H20N4O/c1-4-19-14(13(16)11(2)17-19)15(20)18(3)10-12-8-6-5-7-9-12/h5-9H,4,10,16H2,1-3H3. The van der Waals surface area contributed by atoms with Crippen molar-refractivity contribution in [3.8, 4) is 0 Å². The first-order chi connectivity index (χ1) is 9.54. The second-order valence-electron chi connectivity index (χ2n) is 4.81. The van der Waals surface area contributed by atoms with Crippen molar-refractivity contribution in [1.82, 2.24) is 14.7 Å². The van der Waals surface area contributed by atoms with E-state index in [-0.39, 0.29) is 5.91 Å². The first-order valence-electron chi connectivity index (χ1n) is 6.66. The van der Waals surface area contributed by atoms with E-state index >= 15 is 0 Å². The van der Waals surface area contributed by atoms with Gasteiger partial charge in [-0.05, 0) is 19.4 Å². The zero-order chi connectivity index (χ0) is 14.7. The van der Waals surface area contributed by atoms with Crippen molar-refractivity contribution in [2.45, 2.75) is 26.9 Å². The largest absolute Gasteiger partial charge is 0.395 e. The molecule has 0 radical (unpaired) electrons. The Balaban J connectivity index is 2.23. The van der Waals surface area contributed by atoms with Crippen LogP contribution in [0, 0.1) is 6.92 Å². The molecule has 0 saturated carbocycles. The van der Waals surface area contributed by atoms with E-state index < -0.39 is 0 Å². The normalized spacial score (nSPS) is 10.6. The molecule has 20 heavy (non-hydrogen) atoms. The Morgan fingerprint density at radius 3 is 2.60 bits per heavy atom. The van der Waals surface area contributed by atoms with Crippen molar-refractivity contribution in [3.05, 3.63) is 47.3 Å². The summed E-state index contributed by atoms with van der Waals surface area (Å²) in [6.07, 6.45) is 0. The van der Waals surface area contributed by atoms with E-state index in [0.29, 0.717) is 30.2 Å². The minimum Gasteiger partial charge on any atom is -0.395 e. The molecule has 1 amide bonds. The molecule has 2 rings (SSSR count). The highest BCUT2D eigenvalue weighted by Crippen LogP contribution is 2.18. The molecular weight excluding hydrogens is 252 g/mol. The molecule has 2 N–H and O–H groups in total. The molecule has 5 nitrogen and oxygen atoms in total. The van der Waals surface area contributed by atoms with Crippen LogP contribution in [0.25, 0.3) is 0 Å². The minimum atomic E-state index is -0.103. The van der Waals surface area contributed by atoms with Crippen LogP contribution in [0.4, 0.5) is 5.69 Å². The Labute approximate surface area is 119 Å². The van der Waals surface area contributed by atoms with Crippen LogP contribution >= 0.6 is 0 Å². The fraction of sp³-hybridized carbons (Fsp3) is 0.333. The van der Waals surface area contributed by atoms with Crippen LogP contribution in [0.2, 0.25) is 0 Å². The minimum absolute atomic E-state index is 0.103. The highest BCUT2D eigenvalue weighted by Gasteiger charge is 2.22. The third kappa shape index (κ3) is 2.66. The van der Waals surface area contributed by atoms with Gasteiger partial charge in [0.05, 0.1) is 11.4 Å². The van der Waals surface area contributed by atoms with Crippen molar-refractivity contribution < 1.29 is 4.79 Å². The van der Waals surface area contributed by atoms with E-state index in [1.165, 1.54) is 0 Å². The monoisotopic (exact) mass is 272 g/mol. The number of nitrogen functional groups attached to an aromatic ring is 1. The summed E-state index contributed by atoms with van der Waals surface area (Å²) < 4.78 is 1.66. The van der Waals surface area contributed by atoms with Crippen molar-refractivity contribution in [2.24, 2.45) is 0 Å². The van der Waals surface area contributed by atoms with Gasteiger partial charge in [0.25, 0.3) is 5.91 Å². The van der Waals surface area contributed by atoms with Crippen LogP contribution in [0.15, 0.2) is 30.3 Å². The maximum Gasteiger partial charge on any atom is 0.274 e. The molecular formula is C15H20N4O. The fourth-order valence-electron chi connectivity index (χ4n) is 2.16. The Bertz CT molecular complexity index is 604. The van der Waals surface area contributed by atoms with E-state index in [1.807, 2.05) is 44.2 Å². The Morgan fingerprint density at radius 2 is 2.00 bits per heavy atom. The second-order valence-corrected chi connectivity index (χ2v) is 4.81. The van der Waals surface area contributed by atoms with Gasteiger partial charge in [0.15, 0.2) is 0 Å². The summed E-state index contributed by atoms with van der Waals surface area (Å²) in [4.78, 5) is 14.2. The molecule has 0 atom stereocenters. The summed E-state index contributed by atoms with van der Waals surface area (Å²) in [6, 6.07) is 9.87. The zero-order valence-electron chi connectivity index (χ0n) is 12.1. The number of aromatic nitrogens is 2. The average Bonchev–Trinajstić information content (AvgIpc) is 2.74. The molecule has 0 spiro atoms. The quantitative estimate of drug-likeness (QED) is 0.926. The van der Waals surface area contributed by atoms with Gasteiger partial charge in [-0.3, -0.25) is 9.48 Å². The van der Waals surface area contributed by atoms with Gasteiger partial charge in [-0.25, -0.2) is 0 Å². The van der Waals surface area contributed by atoms with Crippen molar-refractivity contribution in [2.75, 3.05) is 12.8 Å². The molecule has 0 fully saturated rings. The van der Waals surface area contributed by atoms with Gasteiger partial charge in [-0.2, -0.15) is 5.10 Å². The number of carbonyl (C=O) groups is 1. The van der Waals surface area contributed by atoms with Gasteiger partial charge >= 0.3 is 0 Å². The van der Waals surface area contributed by atoms with Gasteiger partial charge in [-0.1, -0.05) is 30.3 Å². The second kappa shape index (κ2) is 5.77. The lowest BCUT2D eigenvalue weighted by Crippen LogP contribution is -2.29. The number of rotatable bonds is 4. The molecule has 1 aromatic carbocycles. The summed E-state index contributed by atoms with van der Waals surface area (Å²) in [5.74, 6) is -0.103. The van der Waals surface area contributed by atoms with Crippen LogP contribution < -0.4 is 5.73 Å². The third-order valence-electron chi connectivity index (χ3n) is 3.29. The molecule has 1 aromatic heterocycles. The lowest BCUT2D eigenvalue weighted by atomic mass is 10.2. The lowest BCUT2D eigenvalue weighted by Gasteiger charge is -2.18. The number of anilines is 1. The lowest BCUT2D eigenvalue weighted by molar-refractivity contribution is 0.0774. The Hall–Kier alpha value is -2.30. The number of hydrogen-bond acceptors (Lipinski definition) is 3. The van der Waals surface area contributed by atoms with Gasteiger partial charge in [0.1, 0.15) is 5.69 Å². The Morgan fingerprint density at radius 1 is 1.35 bits per heavy atom. The molecule has 0 aliphatic heterocycles. The zero-order valence-corrected chi connectivity index (χ0v) is 12.1. The van der Waals surface area contributed by atoms with Gasteiger partial charge in [-0.15, -0.1) is 0 Å². The predicted octanol–water partition coefficient (Wildman–Crippen LogP) is 2.07. The molecule has 0 saturated heterocycles. The van der Waals surface area contributed by atoms with E-state index in [2.05, 4.69) is 5.10 Å². The summed E-state index contributed by atoms with van der Waals surface area (Å²) in [5.41, 5.74) is 8.71. The summed E-state index contributed by atoms with van der Waals surface area (Å²) in [7, 11) is 1.77. The van der Waals surface area contributed by atoms with E-state index in [9.17, 15) is 4.79 Å².